The lowest BCUT2D eigenvalue weighted by Crippen LogP contribution is -2.50. The lowest BCUT2D eigenvalue weighted by molar-refractivity contribution is -0.146. The summed E-state index contributed by atoms with van der Waals surface area (Å²) < 4.78 is 24.0. The molecule has 1 heterocycles. The fourth-order valence-corrected chi connectivity index (χ4v) is 2.46. The minimum absolute atomic E-state index is 0.104. The minimum atomic E-state index is -0.480. The first-order chi connectivity index (χ1) is 10.0. The van der Waals surface area contributed by atoms with Gasteiger partial charge in [0.25, 0.3) is 0 Å². The van der Waals surface area contributed by atoms with Crippen molar-refractivity contribution < 1.29 is 23.8 Å². The Bertz CT molecular complexity index is 508. The van der Waals surface area contributed by atoms with Crippen LogP contribution in [-0.4, -0.2) is 54.9 Å². The van der Waals surface area contributed by atoms with E-state index in [1.54, 1.807) is 11.0 Å². The maximum Gasteiger partial charge on any atom is 0.227 e. The number of halogens is 1. The van der Waals surface area contributed by atoms with Gasteiger partial charge in [-0.1, -0.05) is 6.07 Å². The van der Waals surface area contributed by atoms with Crippen molar-refractivity contribution in [3.8, 4) is 5.75 Å². The van der Waals surface area contributed by atoms with Crippen molar-refractivity contribution in [1.29, 1.82) is 0 Å². The van der Waals surface area contributed by atoms with Gasteiger partial charge in [-0.3, -0.25) is 4.79 Å². The summed E-state index contributed by atoms with van der Waals surface area (Å²) in [6.07, 6.45) is -0.357. The monoisotopic (exact) mass is 297 g/mol. The third kappa shape index (κ3) is 3.92. The molecule has 116 valence electrons. The second kappa shape index (κ2) is 6.87. The van der Waals surface area contributed by atoms with Crippen LogP contribution in [0.3, 0.4) is 0 Å². The van der Waals surface area contributed by atoms with Crippen molar-refractivity contribution in [3.05, 3.63) is 29.6 Å². The van der Waals surface area contributed by atoms with E-state index in [9.17, 15) is 9.18 Å². The molecule has 2 atom stereocenters. The molecular weight excluding hydrogens is 277 g/mol. The van der Waals surface area contributed by atoms with Gasteiger partial charge in [-0.2, -0.15) is 0 Å². The van der Waals surface area contributed by atoms with Crippen molar-refractivity contribution in [2.45, 2.75) is 25.6 Å². The summed E-state index contributed by atoms with van der Waals surface area (Å²) in [6, 6.07) is 4.49. The summed E-state index contributed by atoms with van der Waals surface area (Å²) in [5.41, 5.74) is 0.595. The Kier molecular flexibility index (Phi) is 5.14. The molecule has 1 saturated heterocycles. The Morgan fingerprint density at radius 2 is 2.29 bits per heavy atom. The molecule has 21 heavy (non-hydrogen) atoms. The summed E-state index contributed by atoms with van der Waals surface area (Å²) in [4.78, 5) is 13.9. The number of ether oxygens (including phenoxy) is 2. The summed E-state index contributed by atoms with van der Waals surface area (Å²) in [5.74, 6) is -0.425. The fraction of sp³-hybridized carbons (Fsp3) is 0.533. The SMILES string of the molecule is COc1ccc(CC(=O)N2CC(C)OC(CO)C2)cc1F. The average molecular weight is 297 g/mol. The Labute approximate surface area is 123 Å². The van der Waals surface area contributed by atoms with Gasteiger partial charge in [0.05, 0.1) is 32.3 Å². The van der Waals surface area contributed by atoms with Gasteiger partial charge in [-0.25, -0.2) is 4.39 Å². The van der Waals surface area contributed by atoms with E-state index in [0.717, 1.165) is 0 Å². The quantitative estimate of drug-likeness (QED) is 0.900. The van der Waals surface area contributed by atoms with Crippen molar-refractivity contribution in [2.75, 3.05) is 26.8 Å². The molecule has 1 aromatic carbocycles. The third-order valence-corrected chi connectivity index (χ3v) is 3.45. The van der Waals surface area contributed by atoms with Gasteiger partial charge in [-0.15, -0.1) is 0 Å². The summed E-state index contributed by atoms with van der Waals surface area (Å²) in [6.45, 7) is 2.58. The highest BCUT2D eigenvalue weighted by atomic mass is 19.1. The Hall–Kier alpha value is -1.66. The zero-order chi connectivity index (χ0) is 15.4. The van der Waals surface area contributed by atoms with Crippen molar-refractivity contribution in [1.82, 2.24) is 4.90 Å². The van der Waals surface area contributed by atoms with Crippen molar-refractivity contribution >= 4 is 5.91 Å². The van der Waals surface area contributed by atoms with Crippen molar-refractivity contribution in [3.63, 3.8) is 0 Å². The summed E-state index contributed by atoms with van der Waals surface area (Å²) >= 11 is 0. The molecule has 0 saturated carbocycles. The topological polar surface area (TPSA) is 59.0 Å². The molecule has 0 aliphatic carbocycles. The normalized spacial score (nSPS) is 22.2. The largest absolute Gasteiger partial charge is 0.494 e. The molecule has 6 heteroatoms. The minimum Gasteiger partial charge on any atom is -0.494 e. The van der Waals surface area contributed by atoms with Gasteiger partial charge in [0.2, 0.25) is 5.91 Å². The third-order valence-electron chi connectivity index (χ3n) is 3.45. The lowest BCUT2D eigenvalue weighted by atomic mass is 10.1. The van der Waals surface area contributed by atoms with Gasteiger partial charge in [0.1, 0.15) is 0 Å². The lowest BCUT2D eigenvalue weighted by Gasteiger charge is -2.36. The van der Waals surface area contributed by atoms with Gasteiger partial charge in [0, 0.05) is 13.1 Å². The highest BCUT2D eigenvalue weighted by Crippen LogP contribution is 2.19. The van der Waals surface area contributed by atoms with Crippen LogP contribution in [0, 0.1) is 5.82 Å². The molecule has 1 aliphatic rings. The zero-order valence-corrected chi connectivity index (χ0v) is 12.2. The number of carbonyl (C=O) groups excluding carboxylic acids is 1. The first-order valence-electron chi connectivity index (χ1n) is 6.90. The van der Waals surface area contributed by atoms with E-state index >= 15 is 0 Å². The Morgan fingerprint density at radius 3 is 2.90 bits per heavy atom. The molecule has 1 aromatic rings. The molecule has 1 aliphatic heterocycles. The van der Waals surface area contributed by atoms with E-state index in [-0.39, 0.29) is 36.9 Å². The Morgan fingerprint density at radius 1 is 1.52 bits per heavy atom. The van der Waals surface area contributed by atoms with Crippen LogP contribution >= 0.6 is 0 Å². The Balaban J connectivity index is 2.02. The van der Waals surface area contributed by atoms with Crippen molar-refractivity contribution in [2.24, 2.45) is 0 Å². The summed E-state index contributed by atoms with van der Waals surface area (Å²) in [7, 11) is 1.40. The fourth-order valence-electron chi connectivity index (χ4n) is 2.46. The van der Waals surface area contributed by atoms with Gasteiger partial charge >= 0.3 is 0 Å². The van der Waals surface area contributed by atoms with E-state index in [4.69, 9.17) is 14.6 Å². The van der Waals surface area contributed by atoms with E-state index in [0.29, 0.717) is 18.7 Å². The van der Waals surface area contributed by atoms with E-state index < -0.39 is 5.82 Å². The zero-order valence-electron chi connectivity index (χ0n) is 12.2. The maximum absolute atomic E-state index is 13.6. The maximum atomic E-state index is 13.6. The van der Waals surface area contributed by atoms with E-state index in [1.807, 2.05) is 6.92 Å². The molecule has 1 fully saturated rings. The smallest absolute Gasteiger partial charge is 0.227 e. The van der Waals surface area contributed by atoms with Crippen LogP contribution in [0.25, 0.3) is 0 Å². The van der Waals surface area contributed by atoms with Crippen LogP contribution in [0.5, 0.6) is 5.75 Å². The number of aliphatic hydroxyl groups is 1. The van der Waals surface area contributed by atoms with Gasteiger partial charge in [0.15, 0.2) is 11.6 Å². The molecule has 2 unspecified atom stereocenters. The number of carbonyl (C=O) groups is 1. The number of methoxy groups -OCH3 is 1. The molecule has 0 aromatic heterocycles. The first-order valence-corrected chi connectivity index (χ1v) is 6.90. The number of hydrogen-bond donors (Lipinski definition) is 1. The number of benzene rings is 1. The van der Waals surface area contributed by atoms with Crippen LogP contribution in [-0.2, 0) is 16.0 Å². The number of aliphatic hydroxyl groups excluding tert-OH is 1. The van der Waals surface area contributed by atoms with Crippen LogP contribution < -0.4 is 4.74 Å². The first kappa shape index (κ1) is 15.7. The van der Waals surface area contributed by atoms with Gasteiger partial charge in [-0.05, 0) is 24.6 Å². The molecule has 1 N–H and O–H groups in total. The predicted molar refractivity (Wildman–Crippen MR) is 74.7 cm³/mol. The molecule has 0 bridgehead atoms. The molecule has 1 amide bonds. The van der Waals surface area contributed by atoms with E-state index in [1.165, 1.54) is 19.2 Å². The molecule has 0 radical (unpaired) electrons. The number of nitrogens with zero attached hydrogens (tertiary/aromatic N) is 1. The standard InChI is InChI=1S/C15H20FNO4/c1-10-7-17(8-12(9-18)21-10)15(19)6-11-3-4-14(20-2)13(16)5-11/h3-5,10,12,18H,6-9H2,1-2H3. The van der Waals surface area contributed by atoms with E-state index in [2.05, 4.69) is 0 Å². The second-order valence-corrected chi connectivity index (χ2v) is 5.20. The molecular formula is C15H20FNO4. The average Bonchev–Trinajstić information content (AvgIpc) is 2.46. The molecule has 0 spiro atoms. The van der Waals surface area contributed by atoms with Crippen LogP contribution in [0.2, 0.25) is 0 Å². The second-order valence-electron chi connectivity index (χ2n) is 5.20. The predicted octanol–water partition coefficient (Wildman–Crippen LogP) is 0.985. The van der Waals surface area contributed by atoms with Crippen LogP contribution in [0.4, 0.5) is 4.39 Å². The molecule has 5 nitrogen and oxygen atoms in total. The number of amides is 1. The number of morpholine rings is 1. The summed E-state index contributed by atoms with van der Waals surface area (Å²) in [5, 5.41) is 9.17. The van der Waals surface area contributed by atoms with Crippen LogP contribution in [0.15, 0.2) is 18.2 Å². The number of hydrogen-bond acceptors (Lipinski definition) is 4. The molecule has 2 rings (SSSR count). The highest BCUT2D eigenvalue weighted by Gasteiger charge is 2.27. The van der Waals surface area contributed by atoms with Gasteiger partial charge < -0.3 is 19.5 Å². The highest BCUT2D eigenvalue weighted by molar-refractivity contribution is 5.79. The van der Waals surface area contributed by atoms with Crippen LogP contribution in [0.1, 0.15) is 12.5 Å². The number of rotatable bonds is 4.